The highest BCUT2D eigenvalue weighted by Crippen LogP contribution is 2.26. The maximum absolute atomic E-state index is 6.13. The van der Waals surface area contributed by atoms with Gasteiger partial charge in [-0.05, 0) is 31.7 Å². The summed E-state index contributed by atoms with van der Waals surface area (Å²) in [4.78, 5) is 2.71. The van der Waals surface area contributed by atoms with Gasteiger partial charge >= 0.3 is 0 Å². The highest BCUT2D eigenvalue weighted by atomic mass is 16.5. The molecule has 2 fully saturated rings. The van der Waals surface area contributed by atoms with E-state index in [0.29, 0.717) is 5.92 Å². The van der Waals surface area contributed by atoms with E-state index in [-0.39, 0.29) is 6.04 Å². The second kappa shape index (κ2) is 6.88. The summed E-state index contributed by atoms with van der Waals surface area (Å²) in [6, 6.07) is 1.07. The molecule has 1 heterocycles. The average Bonchev–Trinajstić information content (AvgIpc) is 2.96. The average molecular weight is 254 g/mol. The smallest absolute Gasteiger partial charge is 0.0621 e. The molecule has 2 rings (SSSR count). The standard InChI is InChI=1S/C15H30N2O/c1-12(2)7-8-17(14-5-3-4-6-14)9-13-10-18-11-15(13)16/h12-15H,3-11,16H2,1-2H3. The molecule has 1 saturated heterocycles. The molecule has 0 spiro atoms. The Bertz CT molecular complexity index is 239. The van der Waals surface area contributed by atoms with E-state index in [1.807, 2.05) is 0 Å². The number of hydrogen-bond donors (Lipinski definition) is 1. The minimum Gasteiger partial charge on any atom is -0.379 e. The Morgan fingerprint density at radius 1 is 1.22 bits per heavy atom. The van der Waals surface area contributed by atoms with Crippen molar-refractivity contribution >= 4 is 0 Å². The highest BCUT2D eigenvalue weighted by Gasteiger charge is 2.30. The van der Waals surface area contributed by atoms with Crippen molar-refractivity contribution < 1.29 is 4.74 Å². The van der Waals surface area contributed by atoms with Crippen molar-refractivity contribution in [1.29, 1.82) is 0 Å². The van der Waals surface area contributed by atoms with Gasteiger partial charge in [0.05, 0.1) is 13.2 Å². The van der Waals surface area contributed by atoms with Crippen LogP contribution in [0.25, 0.3) is 0 Å². The quantitative estimate of drug-likeness (QED) is 0.790. The van der Waals surface area contributed by atoms with Crippen LogP contribution in [0.15, 0.2) is 0 Å². The Labute approximate surface area is 112 Å². The van der Waals surface area contributed by atoms with Gasteiger partial charge in [-0.1, -0.05) is 26.7 Å². The molecule has 0 aromatic heterocycles. The Morgan fingerprint density at radius 3 is 2.50 bits per heavy atom. The van der Waals surface area contributed by atoms with Crippen molar-refractivity contribution in [3.8, 4) is 0 Å². The highest BCUT2D eigenvalue weighted by molar-refractivity contribution is 4.85. The Morgan fingerprint density at radius 2 is 1.94 bits per heavy atom. The van der Waals surface area contributed by atoms with Gasteiger partial charge in [-0.15, -0.1) is 0 Å². The van der Waals surface area contributed by atoms with E-state index >= 15 is 0 Å². The van der Waals surface area contributed by atoms with Gasteiger partial charge in [-0.25, -0.2) is 0 Å². The van der Waals surface area contributed by atoms with Crippen LogP contribution in [-0.4, -0.2) is 43.3 Å². The zero-order valence-corrected chi connectivity index (χ0v) is 12.1. The van der Waals surface area contributed by atoms with E-state index in [0.717, 1.165) is 31.7 Å². The molecule has 106 valence electrons. The van der Waals surface area contributed by atoms with Crippen LogP contribution in [0.2, 0.25) is 0 Å². The maximum Gasteiger partial charge on any atom is 0.0621 e. The molecular weight excluding hydrogens is 224 g/mol. The van der Waals surface area contributed by atoms with Gasteiger partial charge in [-0.3, -0.25) is 4.90 Å². The number of nitrogens with zero attached hydrogens (tertiary/aromatic N) is 1. The van der Waals surface area contributed by atoms with Crippen molar-refractivity contribution in [1.82, 2.24) is 4.90 Å². The van der Waals surface area contributed by atoms with Crippen LogP contribution in [0, 0.1) is 11.8 Å². The van der Waals surface area contributed by atoms with Crippen LogP contribution in [-0.2, 0) is 4.74 Å². The van der Waals surface area contributed by atoms with Crippen LogP contribution in [0.4, 0.5) is 0 Å². The third kappa shape index (κ3) is 3.94. The van der Waals surface area contributed by atoms with Crippen molar-refractivity contribution in [2.24, 2.45) is 17.6 Å². The molecule has 2 N–H and O–H groups in total. The summed E-state index contributed by atoms with van der Waals surface area (Å²) >= 11 is 0. The number of nitrogens with two attached hydrogens (primary N) is 1. The zero-order valence-electron chi connectivity index (χ0n) is 12.1. The fraction of sp³-hybridized carbons (Fsp3) is 1.00. The summed E-state index contributed by atoms with van der Waals surface area (Å²) in [5.74, 6) is 1.35. The molecule has 3 heteroatoms. The predicted octanol–water partition coefficient (Wildman–Crippen LogP) is 2.25. The summed E-state index contributed by atoms with van der Waals surface area (Å²) in [6.07, 6.45) is 6.91. The molecular formula is C15H30N2O. The van der Waals surface area contributed by atoms with Crippen LogP contribution in [0.1, 0.15) is 46.0 Å². The SMILES string of the molecule is CC(C)CCN(CC1COCC1N)C1CCCC1. The normalized spacial score (nSPS) is 29.8. The van der Waals surface area contributed by atoms with Crippen molar-refractivity contribution in [3.05, 3.63) is 0 Å². The lowest BCUT2D eigenvalue weighted by Crippen LogP contribution is -2.43. The Hall–Kier alpha value is -0.120. The van der Waals surface area contributed by atoms with Gasteiger partial charge < -0.3 is 10.5 Å². The molecule has 3 nitrogen and oxygen atoms in total. The van der Waals surface area contributed by atoms with Crippen LogP contribution < -0.4 is 5.73 Å². The van der Waals surface area contributed by atoms with E-state index in [9.17, 15) is 0 Å². The fourth-order valence-electron chi connectivity index (χ4n) is 3.22. The molecule has 0 bridgehead atoms. The first-order valence-electron chi connectivity index (χ1n) is 7.74. The molecule has 0 aromatic rings. The first-order valence-corrected chi connectivity index (χ1v) is 7.74. The van der Waals surface area contributed by atoms with Gasteiger partial charge in [0.2, 0.25) is 0 Å². The van der Waals surface area contributed by atoms with Crippen molar-refractivity contribution in [3.63, 3.8) is 0 Å². The Kier molecular flexibility index (Phi) is 5.46. The second-order valence-corrected chi connectivity index (χ2v) is 6.58. The van der Waals surface area contributed by atoms with E-state index in [1.165, 1.54) is 38.6 Å². The number of ether oxygens (including phenoxy) is 1. The van der Waals surface area contributed by atoms with Gasteiger partial charge in [0.25, 0.3) is 0 Å². The summed E-state index contributed by atoms with van der Waals surface area (Å²) in [5.41, 5.74) is 6.13. The summed E-state index contributed by atoms with van der Waals surface area (Å²) in [7, 11) is 0. The van der Waals surface area contributed by atoms with Crippen molar-refractivity contribution in [2.75, 3.05) is 26.3 Å². The van der Waals surface area contributed by atoms with Crippen LogP contribution in [0.3, 0.4) is 0 Å². The topological polar surface area (TPSA) is 38.5 Å². The minimum absolute atomic E-state index is 0.257. The van der Waals surface area contributed by atoms with E-state index in [4.69, 9.17) is 10.5 Å². The van der Waals surface area contributed by atoms with Crippen LogP contribution >= 0.6 is 0 Å². The van der Waals surface area contributed by atoms with Crippen molar-refractivity contribution in [2.45, 2.75) is 58.0 Å². The molecule has 0 radical (unpaired) electrons. The third-order valence-corrected chi connectivity index (χ3v) is 4.55. The maximum atomic E-state index is 6.13. The van der Waals surface area contributed by atoms with E-state index in [2.05, 4.69) is 18.7 Å². The molecule has 0 amide bonds. The molecule has 1 saturated carbocycles. The number of hydrogen-bond acceptors (Lipinski definition) is 3. The zero-order chi connectivity index (χ0) is 13.0. The van der Waals surface area contributed by atoms with Gasteiger partial charge in [0.1, 0.15) is 0 Å². The summed E-state index contributed by atoms with van der Waals surface area (Å²) in [6.45, 7) is 8.65. The molecule has 2 unspecified atom stereocenters. The lowest BCUT2D eigenvalue weighted by Gasteiger charge is -2.32. The van der Waals surface area contributed by atoms with Gasteiger partial charge in [0.15, 0.2) is 0 Å². The molecule has 0 aromatic carbocycles. The third-order valence-electron chi connectivity index (χ3n) is 4.55. The first kappa shape index (κ1) is 14.3. The Balaban J connectivity index is 1.86. The fourth-order valence-corrected chi connectivity index (χ4v) is 3.22. The largest absolute Gasteiger partial charge is 0.379 e. The predicted molar refractivity (Wildman–Crippen MR) is 75.6 cm³/mol. The van der Waals surface area contributed by atoms with E-state index in [1.54, 1.807) is 0 Å². The summed E-state index contributed by atoms with van der Waals surface area (Å²) in [5, 5.41) is 0. The molecule has 1 aliphatic carbocycles. The van der Waals surface area contributed by atoms with Gasteiger partial charge in [0, 0.05) is 24.5 Å². The number of rotatable bonds is 6. The molecule has 18 heavy (non-hydrogen) atoms. The minimum atomic E-state index is 0.257. The van der Waals surface area contributed by atoms with Crippen LogP contribution in [0.5, 0.6) is 0 Å². The molecule has 2 aliphatic rings. The molecule has 2 atom stereocenters. The lowest BCUT2D eigenvalue weighted by atomic mass is 10.0. The summed E-state index contributed by atoms with van der Waals surface area (Å²) < 4.78 is 5.51. The molecule has 1 aliphatic heterocycles. The van der Waals surface area contributed by atoms with E-state index < -0.39 is 0 Å². The lowest BCUT2D eigenvalue weighted by molar-refractivity contribution is 0.138. The first-order chi connectivity index (χ1) is 8.66. The van der Waals surface area contributed by atoms with Gasteiger partial charge in [-0.2, -0.15) is 0 Å². The second-order valence-electron chi connectivity index (χ2n) is 6.58. The monoisotopic (exact) mass is 254 g/mol.